The highest BCUT2D eigenvalue weighted by Crippen LogP contribution is 2.35. The lowest BCUT2D eigenvalue weighted by Crippen LogP contribution is -2.20. The van der Waals surface area contributed by atoms with Crippen LogP contribution in [0.15, 0.2) is 0 Å². The summed E-state index contributed by atoms with van der Waals surface area (Å²) >= 11 is 8.24. The van der Waals surface area contributed by atoms with Crippen LogP contribution < -0.4 is 5.32 Å². The van der Waals surface area contributed by atoms with Gasteiger partial charge in [-0.3, -0.25) is 4.79 Å². The summed E-state index contributed by atoms with van der Waals surface area (Å²) in [5.41, 5.74) is -0.0614. The molecule has 0 aliphatic carbocycles. The highest BCUT2D eigenvalue weighted by molar-refractivity contribution is 14.1. The summed E-state index contributed by atoms with van der Waals surface area (Å²) in [5.74, 6) is -2.88. The maximum Gasteiger partial charge on any atom is 0.337 e. The SMILES string of the molecule is O=C(CBr)Nc1c(I)c(C(=O)O)c(I)c(C(=O)O)c1I. The summed E-state index contributed by atoms with van der Waals surface area (Å²) in [4.78, 5) is 34.1. The number of anilines is 1. The number of carboxylic acid groups (broad SMARTS) is 2. The minimum atomic E-state index is -1.24. The van der Waals surface area contributed by atoms with E-state index in [0.717, 1.165) is 0 Å². The molecule has 0 bridgehead atoms. The van der Waals surface area contributed by atoms with Gasteiger partial charge in [-0.25, -0.2) is 9.59 Å². The zero-order valence-corrected chi connectivity index (χ0v) is 17.4. The molecule has 0 aliphatic rings. The van der Waals surface area contributed by atoms with Gasteiger partial charge in [0.15, 0.2) is 0 Å². The summed E-state index contributed by atoms with van der Waals surface area (Å²) in [6.45, 7) is 0. The molecule has 20 heavy (non-hydrogen) atoms. The van der Waals surface area contributed by atoms with Crippen molar-refractivity contribution in [3.63, 3.8) is 0 Å². The third-order valence-electron chi connectivity index (χ3n) is 2.13. The first-order chi connectivity index (χ1) is 9.22. The molecule has 0 spiro atoms. The number of hydrogen-bond acceptors (Lipinski definition) is 3. The number of amides is 1. The molecule has 0 fully saturated rings. The van der Waals surface area contributed by atoms with E-state index in [-0.39, 0.29) is 25.7 Å². The largest absolute Gasteiger partial charge is 0.478 e. The topological polar surface area (TPSA) is 104 Å². The van der Waals surface area contributed by atoms with Crippen LogP contribution in [0.4, 0.5) is 5.69 Å². The molecule has 0 aromatic heterocycles. The number of nitrogens with one attached hydrogen (secondary N) is 1. The molecule has 3 N–H and O–H groups in total. The normalized spacial score (nSPS) is 10.2. The highest BCUT2D eigenvalue weighted by atomic mass is 127. The summed E-state index contributed by atoms with van der Waals surface area (Å²) in [7, 11) is 0. The Labute approximate surface area is 162 Å². The molecule has 1 amide bonds. The van der Waals surface area contributed by atoms with Crippen LogP contribution in [0.5, 0.6) is 0 Å². The molecule has 0 saturated carbocycles. The molecule has 0 atom stereocenters. The first-order valence-corrected chi connectivity index (χ1v) is 9.11. The van der Waals surface area contributed by atoms with Crippen LogP contribution in [0.1, 0.15) is 20.7 Å². The number of aromatic carboxylic acids is 2. The van der Waals surface area contributed by atoms with Gasteiger partial charge < -0.3 is 15.5 Å². The van der Waals surface area contributed by atoms with Gasteiger partial charge in [0.2, 0.25) is 5.91 Å². The number of alkyl halides is 1. The monoisotopic (exact) mass is 679 g/mol. The van der Waals surface area contributed by atoms with Gasteiger partial charge in [-0.15, -0.1) is 0 Å². The Kier molecular flexibility index (Phi) is 6.91. The van der Waals surface area contributed by atoms with Crippen molar-refractivity contribution >= 4 is 107 Å². The Balaban J connectivity index is 3.71. The maximum atomic E-state index is 11.5. The minimum Gasteiger partial charge on any atom is -0.478 e. The van der Waals surface area contributed by atoms with Crippen molar-refractivity contribution in [1.82, 2.24) is 0 Å². The smallest absolute Gasteiger partial charge is 0.337 e. The molecule has 10 heteroatoms. The van der Waals surface area contributed by atoms with Crippen molar-refractivity contribution in [2.24, 2.45) is 0 Å². The van der Waals surface area contributed by atoms with E-state index in [4.69, 9.17) is 0 Å². The van der Waals surface area contributed by atoms with Crippen molar-refractivity contribution < 1.29 is 24.6 Å². The van der Waals surface area contributed by atoms with Gasteiger partial charge in [-0.05, 0) is 67.8 Å². The fourth-order valence-corrected chi connectivity index (χ4v) is 5.82. The zero-order valence-electron chi connectivity index (χ0n) is 9.34. The van der Waals surface area contributed by atoms with E-state index in [1.807, 2.05) is 0 Å². The van der Waals surface area contributed by atoms with E-state index < -0.39 is 17.8 Å². The Morgan fingerprint density at radius 1 is 0.950 bits per heavy atom. The van der Waals surface area contributed by atoms with Crippen molar-refractivity contribution in [3.05, 3.63) is 21.8 Å². The predicted molar refractivity (Wildman–Crippen MR) is 101 cm³/mol. The second-order valence-electron chi connectivity index (χ2n) is 3.36. The van der Waals surface area contributed by atoms with E-state index >= 15 is 0 Å². The van der Waals surface area contributed by atoms with Gasteiger partial charge in [-0.2, -0.15) is 0 Å². The fourth-order valence-electron chi connectivity index (χ4n) is 1.32. The number of carboxylic acids is 2. The molecule has 6 nitrogen and oxygen atoms in total. The number of carbonyl (C=O) groups is 3. The van der Waals surface area contributed by atoms with Gasteiger partial charge in [0.05, 0.1) is 29.3 Å². The van der Waals surface area contributed by atoms with Crippen molar-refractivity contribution in [2.75, 3.05) is 10.6 Å². The van der Waals surface area contributed by atoms with Crippen LogP contribution >= 0.6 is 83.7 Å². The Hall–Kier alpha value is 0.300. The predicted octanol–water partition coefficient (Wildman–Crippen LogP) is 3.23. The minimum absolute atomic E-state index is 0.0238. The second kappa shape index (κ2) is 7.53. The number of hydrogen-bond donors (Lipinski definition) is 3. The Morgan fingerprint density at radius 2 is 1.35 bits per heavy atom. The van der Waals surface area contributed by atoms with Gasteiger partial charge >= 0.3 is 11.9 Å². The molecular weight excluding hydrogens is 675 g/mol. The van der Waals surface area contributed by atoms with Crippen LogP contribution in [0.2, 0.25) is 0 Å². The molecule has 0 unspecified atom stereocenters. The molecule has 1 aromatic carbocycles. The average Bonchev–Trinajstić information content (AvgIpc) is 2.33. The third-order valence-corrected chi connectivity index (χ3v) is 5.88. The van der Waals surface area contributed by atoms with Crippen LogP contribution in [0, 0.1) is 10.7 Å². The number of carbonyl (C=O) groups excluding carboxylic acids is 1. The molecule has 0 saturated heterocycles. The number of halogens is 4. The van der Waals surface area contributed by atoms with Gasteiger partial charge in [0.25, 0.3) is 0 Å². The lowest BCUT2D eigenvalue weighted by Gasteiger charge is -2.15. The van der Waals surface area contributed by atoms with Crippen molar-refractivity contribution in [1.29, 1.82) is 0 Å². The third kappa shape index (κ3) is 3.73. The lowest BCUT2D eigenvalue weighted by atomic mass is 10.1. The zero-order chi connectivity index (χ0) is 15.6. The quantitative estimate of drug-likeness (QED) is 0.335. The number of benzene rings is 1. The van der Waals surface area contributed by atoms with E-state index in [9.17, 15) is 24.6 Å². The lowest BCUT2D eigenvalue weighted by molar-refractivity contribution is -0.113. The molecule has 0 aliphatic heterocycles. The first-order valence-electron chi connectivity index (χ1n) is 4.75. The first kappa shape index (κ1) is 18.3. The van der Waals surface area contributed by atoms with Crippen LogP contribution in [0.25, 0.3) is 0 Å². The van der Waals surface area contributed by atoms with E-state index in [2.05, 4.69) is 21.2 Å². The Morgan fingerprint density at radius 3 is 1.65 bits per heavy atom. The molecule has 0 radical (unpaired) electrons. The second-order valence-corrected chi connectivity index (χ2v) is 7.16. The Bertz CT molecular complexity index is 578. The molecule has 1 aromatic rings. The van der Waals surface area contributed by atoms with Gasteiger partial charge in [-0.1, -0.05) is 15.9 Å². The average molecular weight is 680 g/mol. The number of rotatable bonds is 4. The summed E-state index contributed by atoms with van der Waals surface area (Å²) in [5, 5.41) is 21.0. The van der Waals surface area contributed by atoms with Crippen LogP contribution in [-0.4, -0.2) is 33.4 Å². The van der Waals surface area contributed by atoms with E-state index in [1.54, 1.807) is 67.8 Å². The summed E-state index contributed by atoms with van der Waals surface area (Å²) in [6, 6.07) is 0. The standard InChI is InChI=1S/C10H5BrI3NO5/c11-1-2(16)15-8-6(13)3(9(17)18)5(12)4(7(8)14)10(19)20/h1H2,(H,15,16)(H,17,18)(H,19,20). The molecular formula is C10H5BrI3NO5. The summed E-state index contributed by atoms with van der Waals surface area (Å²) < 4.78 is 0.722. The molecule has 1 rings (SSSR count). The van der Waals surface area contributed by atoms with Crippen LogP contribution in [0.3, 0.4) is 0 Å². The molecule has 108 valence electrons. The van der Waals surface area contributed by atoms with Gasteiger partial charge in [0, 0.05) is 3.57 Å². The van der Waals surface area contributed by atoms with Crippen LogP contribution in [-0.2, 0) is 4.79 Å². The summed E-state index contributed by atoms with van der Waals surface area (Å²) in [6.07, 6.45) is 0. The highest BCUT2D eigenvalue weighted by Gasteiger charge is 2.27. The molecule has 0 heterocycles. The fraction of sp³-hybridized carbons (Fsp3) is 0.100. The van der Waals surface area contributed by atoms with E-state index in [0.29, 0.717) is 7.14 Å². The maximum absolute atomic E-state index is 11.5. The van der Waals surface area contributed by atoms with E-state index in [1.165, 1.54) is 0 Å². The van der Waals surface area contributed by atoms with Gasteiger partial charge in [0.1, 0.15) is 0 Å². The van der Waals surface area contributed by atoms with Crippen molar-refractivity contribution in [3.8, 4) is 0 Å². The van der Waals surface area contributed by atoms with Crippen molar-refractivity contribution in [2.45, 2.75) is 0 Å².